The quantitative estimate of drug-likeness (QED) is 0.750. The summed E-state index contributed by atoms with van der Waals surface area (Å²) < 4.78 is 11.2. The maximum absolute atomic E-state index is 11.6. The molecule has 0 aliphatic heterocycles. The summed E-state index contributed by atoms with van der Waals surface area (Å²) in [6.45, 7) is 3.32. The average molecular weight is 261 g/mol. The number of carbonyl (C=O) groups excluding carboxylic acids is 1. The highest BCUT2D eigenvalue weighted by atomic mass is 16.5. The first-order valence-corrected chi connectivity index (χ1v) is 6.44. The highest BCUT2D eigenvalue weighted by molar-refractivity contribution is 5.97. The molecule has 4 nitrogen and oxygen atoms in total. The Hall–Kier alpha value is -1.81. The third kappa shape index (κ3) is 3.35. The van der Waals surface area contributed by atoms with Crippen LogP contribution in [-0.2, 0) is 0 Å². The number of hydrogen-bond donors (Lipinski definition) is 0. The van der Waals surface area contributed by atoms with Crippen LogP contribution in [0, 0.1) is 0 Å². The molecule has 0 bridgehead atoms. The molecule has 1 aromatic carbocycles. The highest BCUT2D eigenvalue weighted by Gasteiger charge is 2.10. The van der Waals surface area contributed by atoms with Crippen molar-refractivity contribution < 1.29 is 13.9 Å². The summed E-state index contributed by atoms with van der Waals surface area (Å²) in [5.74, 6) is 1.24. The second-order valence-electron chi connectivity index (χ2n) is 4.74. The zero-order valence-corrected chi connectivity index (χ0v) is 11.6. The van der Waals surface area contributed by atoms with Crippen LogP contribution in [0.5, 0.6) is 5.75 Å². The first-order chi connectivity index (χ1) is 9.10. The predicted octanol–water partition coefficient (Wildman–Crippen LogP) is 2.97. The van der Waals surface area contributed by atoms with Crippen molar-refractivity contribution in [1.29, 1.82) is 0 Å². The molecule has 0 fully saturated rings. The number of rotatable bonds is 6. The van der Waals surface area contributed by atoms with Gasteiger partial charge in [0, 0.05) is 18.4 Å². The van der Waals surface area contributed by atoms with Crippen molar-refractivity contribution in [3.8, 4) is 5.75 Å². The average Bonchev–Trinajstić information content (AvgIpc) is 2.80. The molecule has 2 aromatic rings. The highest BCUT2D eigenvalue weighted by Crippen LogP contribution is 2.25. The number of furan rings is 1. The van der Waals surface area contributed by atoms with E-state index in [1.165, 1.54) is 0 Å². The first-order valence-electron chi connectivity index (χ1n) is 6.44. The van der Waals surface area contributed by atoms with Crippen LogP contribution in [0.3, 0.4) is 0 Å². The van der Waals surface area contributed by atoms with Gasteiger partial charge in [-0.25, -0.2) is 0 Å². The van der Waals surface area contributed by atoms with Gasteiger partial charge >= 0.3 is 0 Å². The van der Waals surface area contributed by atoms with Crippen molar-refractivity contribution in [1.82, 2.24) is 4.90 Å². The van der Waals surface area contributed by atoms with Gasteiger partial charge in [-0.3, -0.25) is 4.79 Å². The van der Waals surface area contributed by atoms with Gasteiger partial charge in [-0.1, -0.05) is 6.92 Å². The SMILES string of the molecule is CCC(=O)c1cc2cc(OCCN(C)C)ccc2o1. The van der Waals surface area contributed by atoms with E-state index in [1.807, 2.05) is 39.2 Å². The third-order valence-electron chi connectivity index (χ3n) is 2.89. The predicted molar refractivity (Wildman–Crippen MR) is 74.9 cm³/mol. The number of likely N-dealkylation sites (N-methyl/N-ethyl adjacent to an activating group) is 1. The summed E-state index contributed by atoms with van der Waals surface area (Å²) in [7, 11) is 4.01. The van der Waals surface area contributed by atoms with E-state index in [4.69, 9.17) is 9.15 Å². The van der Waals surface area contributed by atoms with Gasteiger partial charge in [-0.2, -0.15) is 0 Å². The van der Waals surface area contributed by atoms with Gasteiger partial charge in [-0.05, 0) is 38.4 Å². The Balaban J connectivity index is 2.13. The van der Waals surface area contributed by atoms with Gasteiger partial charge < -0.3 is 14.1 Å². The molecular formula is C15H19NO3. The largest absolute Gasteiger partial charge is 0.492 e. The zero-order chi connectivity index (χ0) is 13.8. The molecule has 0 spiro atoms. The molecule has 0 atom stereocenters. The van der Waals surface area contributed by atoms with Crippen LogP contribution in [-0.4, -0.2) is 37.9 Å². The fraction of sp³-hybridized carbons (Fsp3) is 0.400. The molecule has 0 saturated carbocycles. The number of nitrogens with zero attached hydrogens (tertiary/aromatic N) is 1. The Kier molecular flexibility index (Phi) is 4.22. The van der Waals surface area contributed by atoms with Crippen LogP contribution in [0.2, 0.25) is 0 Å². The van der Waals surface area contributed by atoms with Crippen molar-refractivity contribution >= 4 is 16.8 Å². The molecule has 0 saturated heterocycles. The smallest absolute Gasteiger partial charge is 0.197 e. The van der Waals surface area contributed by atoms with E-state index in [2.05, 4.69) is 4.90 Å². The van der Waals surface area contributed by atoms with E-state index in [9.17, 15) is 4.79 Å². The van der Waals surface area contributed by atoms with Crippen molar-refractivity contribution in [2.75, 3.05) is 27.2 Å². The number of fused-ring (bicyclic) bond motifs is 1. The molecule has 0 aliphatic carbocycles. The topological polar surface area (TPSA) is 42.7 Å². The summed E-state index contributed by atoms with van der Waals surface area (Å²) in [5, 5.41) is 0.902. The maximum atomic E-state index is 11.6. The molecule has 4 heteroatoms. The molecule has 0 amide bonds. The van der Waals surface area contributed by atoms with Crippen molar-refractivity contribution in [3.05, 3.63) is 30.0 Å². The van der Waals surface area contributed by atoms with E-state index in [1.54, 1.807) is 6.07 Å². The lowest BCUT2D eigenvalue weighted by molar-refractivity contribution is 0.0963. The van der Waals surface area contributed by atoms with Crippen LogP contribution in [0.1, 0.15) is 23.9 Å². The summed E-state index contributed by atoms with van der Waals surface area (Å²) in [5.41, 5.74) is 0.719. The van der Waals surface area contributed by atoms with E-state index in [0.717, 1.165) is 23.3 Å². The Morgan fingerprint density at radius 3 is 2.79 bits per heavy atom. The number of ketones is 1. The molecule has 2 rings (SSSR count). The molecule has 0 N–H and O–H groups in total. The number of carbonyl (C=O) groups is 1. The van der Waals surface area contributed by atoms with Gasteiger partial charge in [0.25, 0.3) is 0 Å². The zero-order valence-electron chi connectivity index (χ0n) is 11.6. The second-order valence-corrected chi connectivity index (χ2v) is 4.74. The van der Waals surface area contributed by atoms with E-state index in [0.29, 0.717) is 18.8 Å². The lowest BCUT2D eigenvalue weighted by atomic mass is 10.2. The van der Waals surface area contributed by atoms with Gasteiger partial charge in [-0.15, -0.1) is 0 Å². The van der Waals surface area contributed by atoms with Gasteiger partial charge in [0.05, 0.1) is 0 Å². The van der Waals surface area contributed by atoms with E-state index in [-0.39, 0.29) is 5.78 Å². The van der Waals surface area contributed by atoms with Crippen LogP contribution in [0.4, 0.5) is 0 Å². The number of Topliss-reactive ketones (excluding diaryl/α,β-unsaturated/α-hetero) is 1. The molecule has 1 aromatic heterocycles. The van der Waals surface area contributed by atoms with Crippen LogP contribution >= 0.6 is 0 Å². The van der Waals surface area contributed by atoms with Crippen molar-refractivity contribution in [2.24, 2.45) is 0 Å². The molecule has 0 aliphatic rings. The summed E-state index contributed by atoms with van der Waals surface area (Å²) >= 11 is 0. The van der Waals surface area contributed by atoms with Crippen LogP contribution < -0.4 is 4.74 Å². The minimum absolute atomic E-state index is 0.0197. The normalized spacial score (nSPS) is 11.2. The van der Waals surface area contributed by atoms with E-state index < -0.39 is 0 Å². The molecule has 1 heterocycles. The number of benzene rings is 1. The fourth-order valence-electron chi connectivity index (χ4n) is 1.77. The Morgan fingerprint density at radius 1 is 1.32 bits per heavy atom. The molecule has 0 unspecified atom stereocenters. The van der Waals surface area contributed by atoms with Crippen molar-refractivity contribution in [3.63, 3.8) is 0 Å². The molecule has 0 radical (unpaired) electrons. The van der Waals surface area contributed by atoms with Crippen LogP contribution in [0.25, 0.3) is 11.0 Å². The Morgan fingerprint density at radius 2 is 2.11 bits per heavy atom. The van der Waals surface area contributed by atoms with Gasteiger partial charge in [0.1, 0.15) is 17.9 Å². The van der Waals surface area contributed by atoms with Gasteiger partial charge in [0.2, 0.25) is 0 Å². The lowest BCUT2D eigenvalue weighted by Crippen LogP contribution is -2.19. The summed E-state index contributed by atoms with van der Waals surface area (Å²) in [4.78, 5) is 13.6. The Bertz CT molecular complexity index is 572. The first kappa shape index (κ1) is 13.6. The Labute approximate surface area is 112 Å². The lowest BCUT2D eigenvalue weighted by Gasteiger charge is -2.10. The van der Waals surface area contributed by atoms with E-state index >= 15 is 0 Å². The van der Waals surface area contributed by atoms with Crippen LogP contribution in [0.15, 0.2) is 28.7 Å². The van der Waals surface area contributed by atoms with Gasteiger partial charge in [0.15, 0.2) is 11.5 Å². The monoisotopic (exact) mass is 261 g/mol. The second kappa shape index (κ2) is 5.89. The minimum atomic E-state index is 0.0197. The fourth-order valence-corrected chi connectivity index (χ4v) is 1.77. The van der Waals surface area contributed by atoms with Crippen molar-refractivity contribution in [2.45, 2.75) is 13.3 Å². The molecule has 19 heavy (non-hydrogen) atoms. The maximum Gasteiger partial charge on any atom is 0.197 e. The summed E-state index contributed by atoms with van der Waals surface area (Å²) in [6.07, 6.45) is 0.450. The molecule has 102 valence electrons. The summed E-state index contributed by atoms with van der Waals surface area (Å²) in [6, 6.07) is 7.38. The third-order valence-corrected chi connectivity index (χ3v) is 2.89. The number of ether oxygens (including phenoxy) is 1. The minimum Gasteiger partial charge on any atom is -0.492 e. The standard InChI is InChI=1S/C15H19NO3/c1-4-13(17)15-10-11-9-12(5-6-14(11)19-15)18-8-7-16(2)3/h5-6,9-10H,4,7-8H2,1-3H3. The number of hydrogen-bond acceptors (Lipinski definition) is 4. The molecular weight excluding hydrogens is 242 g/mol.